The number of aliphatic hydroxyl groups is 1. The molecule has 0 bridgehead atoms. The number of carbonyl (C=O) groups is 1. The molecule has 8 heterocycles. The summed E-state index contributed by atoms with van der Waals surface area (Å²) in [6.07, 6.45) is 8.48. The summed E-state index contributed by atoms with van der Waals surface area (Å²) in [7, 11) is 1.70. The first-order chi connectivity index (χ1) is 22.5. The fourth-order valence-electron chi connectivity index (χ4n) is 7.26. The van der Waals surface area contributed by atoms with E-state index in [-0.39, 0.29) is 18.1 Å². The van der Waals surface area contributed by atoms with Crippen LogP contribution in [0.4, 0.5) is 23.0 Å². The number of aliphatic hydroxyl groups excluding tert-OH is 1. The number of ether oxygens (including phenoxy) is 1. The number of aromatic nitrogens is 4. The molecule has 4 aliphatic rings. The lowest BCUT2D eigenvalue weighted by Crippen LogP contribution is -2.56. The molecule has 4 aromatic heterocycles. The van der Waals surface area contributed by atoms with Crippen molar-refractivity contribution in [1.29, 1.82) is 0 Å². The average Bonchev–Trinajstić information content (AvgIpc) is 3.58. The molecule has 0 aromatic carbocycles. The minimum Gasteiger partial charge on any atom is -0.392 e. The molecule has 1 amide bonds. The summed E-state index contributed by atoms with van der Waals surface area (Å²) < 4.78 is 9.14. The molecule has 12 heteroatoms. The Morgan fingerprint density at radius 2 is 1.85 bits per heavy atom. The van der Waals surface area contributed by atoms with Crippen LogP contribution in [0.3, 0.4) is 0 Å². The molecule has 2 N–H and O–H groups in total. The Morgan fingerprint density at radius 3 is 2.59 bits per heavy atom. The fraction of sp³-hybridized carbons (Fsp3) is 0.412. The Balaban J connectivity index is 1.03. The number of fused-ring (bicyclic) bond motifs is 3. The van der Waals surface area contributed by atoms with Crippen molar-refractivity contribution < 1.29 is 14.6 Å². The smallest absolute Gasteiger partial charge is 0.274 e. The lowest BCUT2D eigenvalue weighted by atomic mass is 10.0. The van der Waals surface area contributed by atoms with E-state index >= 15 is 0 Å². The number of hydrogen-bond acceptors (Lipinski definition) is 9. The van der Waals surface area contributed by atoms with E-state index in [0.717, 1.165) is 82.1 Å². The van der Waals surface area contributed by atoms with Crippen LogP contribution in [0.25, 0.3) is 11.1 Å². The number of hydrogen-bond donors (Lipinski definition) is 2. The standard InChI is InChI=1S/C34H38N8O4/c1-38-17-22(14-29(34(38)45)37-31-6-5-24(16-36-31)39-10-12-40(13-11-39)25-20-46-21-25)26-7-8-35-32(28(26)19-43)42-18-30-27(33(42)44)15-23-4-2-3-9-41(23)30/h5-8,14-17,25,43H,2-4,9-13,18-21H2,1H3,(H,36,37). The summed E-state index contributed by atoms with van der Waals surface area (Å²) in [4.78, 5) is 42.5. The zero-order valence-corrected chi connectivity index (χ0v) is 26.0. The Labute approximate surface area is 266 Å². The van der Waals surface area contributed by atoms with E-state index in [1.54, 1.807) is 30.4 Å². The van der Waals surface area contributed by atoms with Crippen molar-refractivity contribution >= 4 is 28.9 Å². The zero-order chi connectivity index (χ0) is 31.4. The third-order valence-corrected chi connectivity index (χ3v) is 9.91. The average molecular weight is 623 g/mol. The zero-order valence-electron chi connectivity index (χ0n) is 26.0. The van der Waals surface area contributed by atoms with Gasteiger partial charge in [0.15, 0.2) is 0 Å². The predicted octanol–water partition coefficient (Wildman–Crippen LogP) is 2.90. The monoisotopic (exact) mass is 622 g/mol. The van der Waals surface area contributed by atoms with Crippen LogP contribution in [-0.4, -0.2) is 80.5 Å². The summed E-state index contributed by atoms with van der Waals surface area (Å²) in [5.41, 5.74) is 6.14. The SMILES string of the molecule is Cn1cc(-c2ccnc(N3Cc4c(cc5n4CCCC5)C3=O)c2CO)cc(Nc2ccc(N3CCN(C4COC4)CC3)cn2)c1=O. The minimum absolute atomic E-state index is 0.0940. The second-order valence-corrected chi connectivity index (χ2v) is 12.6. The maximum absolute atomic E-state index is 13.6. The molecule has 0 saturated carbocycles. The van der Waals surface area contributed by atoms with Crippen molar-refractivity contribution in [3.63, 3.8) is 0 Å². The molecule has 0 radical (unpaired) electrons. The van der Waals surface area contributed by atoms with Crippen molar-refractivity contribution in [2.75, 3.05) is 54.5 Å². The van der Waals surface area contributed by atoms with E-state index in [1.165, 1.54) is 10.3 Å². The molecule has 2 fully saturated rings. The molecule has 2 saturated heterocycles. The van der Waals surface area contributed by atoms with Gasteiger partial charge in [-0.25, -0.2) is 9.97 Å². The van der Waals surface area contributed by atoms with Gasteiger partial charge in [-0.1, -0.05) is 0 Å². The molecule has 0 unspecified atom stereocenters. The molecular formula is C34H38N8O4. The van der Waals surface area contributed by atoms with Crippen LogP contribution in [0.5, 0.6) is 0 Å². The molecule has 46 heavy (non-hydrogen) atoms. The number of aryl methyl sites for hydroxylation is 2. The molecule has 12 nitrogen and oxygen atoms in total. The largest absolute Gasteiger partial charge is 0.392 e. The summed E-state index contributed by atoms with van der Waals surface area (Å²) in [5.74, 6) is 0.909. The van der Waals surface area contributed by atoms with Gasteiger partial charge in [0.2, 0.25) is 0 Å². The predicted molar refractivity (Wildman–Crippen MR) is 175 cm³/mol. The fourth-order valence-corrected chi connectivity index (χ4v) is 7.26. The normalized spacial score (nSPS) is 18.4. The van der Waals surface area contributed by atoms with Gasteiger partial charge in [0.1, 0.15) is 17.3 Å². The van der Waals surface area contributed by atoms with E-state index in [9.17, 15) is 14.7 Å². The number of carbonyl (C=O) groups excluding carboxylic acids is 1. The van der Waals surface area contributed by atoms with Gasteiger partial charge in [0.05, 0.1) is 55.5 Å². The van der Waals surface area contributed by atoms with E-state index in [1.807, 2.05) is 30.5 Å². The van der Waals surface area contributed by atoms with Gasteiger partial charge in [-0.3, -0.25) is 19.4 Å². The van der Waals surface area contributed by atoms with E-state index in [0.29, 0.717) is 46.6 Å². The number of amides is 1. The van der Waals surface area contributed by atoms with Crippen molar-refractivity contribution in [3.8, 4) is 11.1 Å². The van der Waals surface area contributed by atoms with E-state index < -0.39 is 0 Å². The maximum atomic E-state index is 13.6. The molecular weight excluding hydrogens is 584 g/mol. The van der Waals surface area contributed by atoms with Crippen molar-refractivity contribution in [2.45, 2.75) is 45.0 Å². The molecule has 238 valence electrons. The second kappa shape index (κ2) is 11.7. The highest BCUT2D eigenvalue weighted by atomic mass is 16.5. The highest BCUT2D eigenvalue weighted by molar-refractivity contribution is 6.10. The van der Waals surface area contributed by atoms with Crippen LogP contribution in [0.2, 0.25) is 0 Å². The van der Waals surface area contributed by atoms with Gasteiger partial charge < -0.3 is 29.2 Å². The van der Waals surface area contributed by atoms with Gasteiger partial charge in [-0.15, -0.1) is 0 Å². The summed E-state index contributed by atoms with van der Waals surface area (Å²) in [6.45, 7) is 6.58. The van der Waals surface area contributed by atoms with E-state index in [4.69, 9.17) is 4.74 Å². The lowest BCUT2D eigenvalue weighted by Gasteiger charge is -2.43. The Morgan fingerprint density at radius 1 is 1.00 bits per heavy atom. The van der Waals surface area contributed by atoms with Crippen LogP contribution in [0, 0.1) is 0 Å². The third-order valence-electron chi connectivity index (χ3n) is 9.91. The second-order valence-electron chi connectivity index (χ2n) is 12.6. The van der Waals surface area contributed by atoms with Crippen LogP contribution in [-0.2, 0) is 37.9 Å². The molecule has 8 rings (SSSR count). The van der Waals surface area contributed by atoms with Crippen LogP contribution in [0.15, 0.2) is 53.7 Å². The van der Waals surface area contributed by atoms with Crippen LogP contribution < -0.4 is 20.7 Å². The van der Waals surface area contributed by atoms with Gasteiger partial charge in [-0.2, -0.15) is 0 Å². The Hall–Kier alpha value is -4.52. The number of nitrogens with one attached hydrogen (secondary N) is 1. The van der Waals surface area contributed by atoms with Crippen LogP contribution >= 0.6 is 0 Å². The van der Waals surface area contributed by atoms with Gasteiger partial charge in [0, 0.05) is 69.0 Å². The molecule has 4 aliphatic heterocycles. The minimum atomic E-state index is -0.310. The molecule has 0 atom stereocenters. The van der Waals surface area contributed by atoms with Gasteiger partial charge in [-0.05, 0) is 55.2 Å². The number of nitrogens with zero attached hydrogens (tertiary/aromatic N) is 7. The first-order valence-corrected chi connectivity index (χ1v) is 16.1. The van der Waals surface area contributed by atoms with Crippen molar-refractivity contribution in [2.24, 2.45) is 7.05 Å². The number of pyridine rings is 3. The van der Waals surface area contributed by atoms with E-state index in [2.05, 4.69) is 29.7 Å². The first kappa shape index (κ1) is 28.9. The molecule has 0 aliphatic carbocycles. The highest BCUT2D eigenvalue weighted by Gasteiger charge is 2.36. The van der Waals surface area contributed by atoms with Gasteiger partial charge >= 0.3 is 0 Å². The maximum Gasteiger partial charge on any atom is 0.274 e. The first-order valence-electron chi connectivity index (χ1n) is 16.1. The quantitative estimate of drug-likeness (QED) is 0.321. The van der Waals surface area contributed by atoms with Crippen LogP contribution in [0.1, 0.15) is 40.2 Å². The van der Waals surface area contributed by atoms with Crippen molar-refractivity contribution in [3.05, 3.63) is 81.8 Å². The van der Waals surface area contributed by atoms with Crippen molar-refractivity contribution in [1.82, 2.24) is 24.0 Å². The summed E-state index contributed by atoms with van der Waals surface area (Å²) >= 11 is 0. The number of piperazine rings is 1. The Kier molecular flexibility index (Phi) is 7.35. The highest BCUT2D eigenvalue weighted by Crippen LogP contribution is 2.37. The number of anilines is 4. The summed E-state index contributed by atoms with van der Waals surface area (Å²) in [5, 5.41) is 13.8. The topological polar surface area (TPSA) is 121 Å². The molecule has 0 spiro atoms. The Bertz CT molecular complexity index is 1850. The third kappa shape index (κ3) is 4.97. The molecule has 4 aromatic rings. The van der Waals surface area contributed by atoms with Gasteiger partial charge in [0.25, 0.3) is 11.5 Å². The summed E-state index contributed by atoms with van der Waals surface area (Å²) in [6, 6.07) is 10.1. The number of rotatable bonds is 7. The lowest BCUT2D eigenvalue weighted by molar-refractivity contribution is -0.0660.